The van der Waals surface area contributed by atoms with Crippen molar-refractivity contribution in [3.8, 4) is 0 Å². The maximum Gasteiger partial charge on any atom is 0.251 e. The molecular weight excluding hydrogens is 166 g/mol. The minimum Gasteiger partial charge on any atom is -0.388 e. The Balaban J connectivity index is 2.75. The van der Waals surface area contributed by atoms with E-state index < -0.39 is 30.3 Å². The summed E-state index contributed by atoms with van der Waals surface area (Å²) in [5.41, 5.74) is 0. The van der Waals surface area contributed by atoms with Gasteiger partial charge in [0.05, 0.1) is 6.10 Å². The number of carbonyl (C=O) groups is 1. The Kier molecular flexibility index (Phi) is 2.63. The van der Waals surface area contributed by atoms with Crippen molar-refractivity contribution in [1.29, 1.82) is 0 Å². The van der Waals surface area contributed by atoms with E-state index in [0.29, 0.717) is 0 Å². The number of hydrogen-bond acceptors (Lipinski definition) is 5. The van der Waals surface area contributed by atoms with Crippen molar-refractivity contribution in [2.24, 2.45) is 0 Å². The minimum absolute atomic E-state index is 0.172. The van der Waals surface area contributed by atoms with Crippen LogP contribution in [0.25, 0.3) is 0 Å². The highest BCUT2D eigenvalue weighted by Crippen LogP contribution is 2.08. The summed E-state index contributed by atoms with van der Waals surface area (Å²) in [5, 5.41) is 38.3. The summed E-state index contributed by atoms with van der Waals surface area (Å²) in [6.07, 6.45) is -6.07. The number of amides is 1. The molecule has 5 N–H and O–H groups in total. The summed E-state index contributed by atoms with van der Waals surface area (Å²) in [6, 6.07) is 0. The van der Waals surface area contributed by atoms with E-state index in [2.05, 4.69) is 5.32 Å². The summed E-state index contributed by atoms with van der Waals surface area (Å²) in [4.78, 5) is 10.8. The van der Waals surface area contributed by atoms with Crippen LogP contribution in [0.3, 0.4) is 0 Å². The number of β-amino-alcohol motifs (C(OH)–C–C–N with tert-alkyl or cyclic N) is 1. The van der Waals surface area contributed by atoms with Gasteiger partial charge in [0.2, 0.25) is 0 Å². The van der Waals surface area contributed by atoms with Crippen molar-refractivity contribution >= 4 is 5.91 Å². The fourth-order valence-corrected chi connectivity index (χ4v) is 1.000. The van der Waals surface area contributed by atoms with Gasteiger partial charge in [-0.05, 0) is 0 Å². The molecule has 1 amide bonds. The molecule has 1 rings (SSSR count). The van der Waals surface area contributed by atoms with E-state index in [4.69, 9.17) is 20.4 Å². The molecule has 4 atom stereocenters. The van der Waals surface area contributed by atoms with E-state index in [9.17, 15) is 4.79 Å². The van der Waals surface area contributed by atoms with Crippen molar-refractivity contribution in [1.82, 2.24) is 5.32 Å². The van der Waals surface area contributed by atoms with Crippen LogP contribution in [0.1, 0.15) is 0 Å². The van der Waals surface area contributed by atoms with Gasteiger partial charge < -0.3 is 25.7 Å². The summed E-state index contributed by atoms with van der Waals surface area (Å²) in [7, 11) is 0. The van der Waals surface area contributed by atoms with Gasteiger partial charge in [-0.2, -0.15) is 0 Å². The number of nitrogens with one attached hydrogen (secondary N) is 1. The molecule has 1 heterocycles. The van der Waals surface area contributed by atoms with Gasteiger partial charge in [0.25, 0.3) is 5.91 Å². The van der Waals surface area contributed by atoms with Crippen LogP contribution in [0, 0.1) is 0 Å². The molecule has 0 bridgehead atoms. The van der Waals surface area contributed by atoms with Crippen molar-refractivity contribution in [2.45, 2.75) is 24.4 Å². The first-order valence-electron chi connectivity index (χ1n) is 3.54. The number of carbonyl (C=O) groups excluding carboxylic acids is 1. The molecule has 0 aliphatic carbocycles. The zero-order valence-corrected chi connectivity index (χ0v) is 6.21. The molecule has 6 heteroatoms. The largest absolute Gasteiger partial charge is 0.388 e. The van der Waals surface area contributed by atoms with Gasteiger partial charge in [0.15, 0.2) is 6.10 Å². The van der Waals surface area contributed by atoms with Crippen LogP contribution < -0.4 is 5.32 Å². The van der Waals surface area contributed by atoms with E-state index in [1.165, 1.54) is 0 Å². The Morgan fingerprint density at radius 1 is 1.17 bits per heavy atom. The molecule has 0 aromatic rings. The van der Waals surface area contributed by atoms with Gasteiger partial charge in [-0.15, -0.1) is 0 Å². The van der Waals surface area contributed by atoms with Gasteiger partial charge >= 0.3 is 0 Å². The van der Waals surface area contributed by atoms with Crippen LogP contribution in [-0.2, 0) is 4.79 Å². The van der Waals surface area contributed by atoms with E-state index in [0.717, 1.165) is 0 Å². The van der Waals surface area contributed by atoms with Gasteiger partial charge in [-0.3, -0.25) is 4.79 Å². The molecule has 70 valence electrons. The first kappa shape index (κ1) is 9.40. The van der Waals surface area contributed by atoms with Crippen molar-refractivity contribution in [2.75, 3.05) is 6.54 Å². The third kappa shape index (κ3) is 1.56. The number of hydrogen-bond donors (Lipinski definition) is 5. The summed E-state index contributed by atoms with van der Waals surface area (Å²) in [6.45, 7) is -0.172. The van der Waals surface area contributed by atoms with Crippen LogP contribution in [0.2, 0.25) is 0 Å². The van der Waals surface area contributed by atoms with E-state index in [-0.39, 0.29) is 6.54 Å². The third-order valence-corrected chi connectivity index (χ3v) is 1.82. The molecule has 1 aliphatic heterocycles. The van der Waals surface area contributed by atoms with Crippen LogP contribution in [0.5, 0.6) is 0 Å². The number of aliphatic hydroxyl groups excluding tert-OH is 4. The van der Waals surface area contributed by atoms with E-state index >= 15 is 0 Å². The first-order chi connectivity index (χ1) is 5.54. The molecule has 6 nitrogen and oxygen atoms in total. The van der Waals surface area contributed by atoms with Crippen LogP contribution in [-0.4, -0.2) is 57.3 Å². The zero-order chi connectivity index (χ0) is 9.30. The SMILES string of the molecule is O=C1NC[C@@H](O)[C@@H](O)[C@H](O)[C@H]1O. The fourth-order valence-electron chi connectivity index (χ4n) is 1.000. The Hall–Kier alpha value is -0.690. The average Bonchev–Trinajstić information content (AvgIpc) is 2.14. The molecular formula is C6H11NO5. The lowest BCUT2D eigenvalue weighted by Crippen LogP contribution is -2.45. The normalized spacial score (nSPS) is 43.5. The lowest BCUT2D eigenvalue weighted by molar-refractivity contribution is -0.139. The monoisotopic (exact) mass is 177 g/mol. The minimum atomic E-state index is -1.68. The molecule has 1 aliphatic rings. The number of rotatable bonds is 0. The molecule has 1 fully saturated rings. The summed E-state index contributed by atoms with van der Waals surface area (Å²) in [5.74, 6) is -0.793. The molecule has 0 radical (unpaired) electrons. The predicted molar refractivity (Wildman–Crippen MR) is 37.0 cm³/mol. The molecule has 0 spiro atoms. The second kappa shape index (κ2) is 3.36. The fraction of sp³-hybridized carbons (Fsp3) is 0.833. The van der Waals surface area contributed by atoms with Gasteiger partial charge in [0, 0.05) is 6.54 Å². The topological polar surface area (TPSA) is 110 Å². The molecule has 12 heavy (non-hydrogen) atoms. The second-order valence-electron chi connectivity index (χ2n) is 2.74. The summed E-state index contributed by atoms with van der Waals surface area (Å²) >= 11 is 0. The van der Waals surface area contributed by atoms with E-state index in [1.54, 1.807) is 0 Å². The quantitative estimate of drug-likeness (QED) is 0.264. The van der Waals surface area contributed by atoms with Crippen molar-refractivity contribution in [3.05, 3.63) is 0 Å². The smallest absolute Gasteiger partial charge is 0.251 e. The zero-order valence-electron chi connectivity index (χ0n) is 6.21. The lowest BCUT2D eigenvalue weighted by atomic mass is 10.1. The lowest BCUT2D eigenvalue weighted by Gasteiger charge is -2.19. The van der Waals surface area contributed by atoms with Gasteiger partial charge in [0.1, 0.15) is 12.2 Å². The van der Waals surface area contributed by atoms with Crippen molar-refractivity contribution < 1.29 is 25.2 Å². The van der Waals surface area contributed by atoms with Crippen LogP contribution in [0.15, 0.2) is 0 Å². The second-order valence-corrected chi connectivity index (χ2v) is 2.74. The average molecular weight is 177 g/mol. The molecule has 0 aromatic carbocycles. The molecule has 0 saturated carbocycles. The molecule has 0 unspecified atom stereocenters. The van der Waals surface area contributed by atoms with Crippen LogP contribution in [0.4, 0.5) is 0 Å². The Morgan fingerprint density at radius 3 is 2.33 bits per heavy atom. The molecule has 0 aromatic heterocycles. The Morgan fingerprint density at radius 2 is 1.75 bits per heavy atom. The van der Waals surface area contributed by atoms with Crippen LogP contribution >= 0.6 is 0 Å². The Labute approximate surface area is 68.4 Å². The highest BCUT2D eigenvalue weighted by molar-refractivity contribution is 5.81. The molecule has 1 saturated heterocycles. The highest BCUT2D eigenvalue weighted by Gasteiger charge is 2.37. The standard InChI is InChI=1S/C6H11NO5/c8-2-1-7-6(12)5(11)4(10)3(2)9/h2-5,8-11H,1H2,(H,7,12)/t2-,3-,4+,5-/m1/s1. The van der Waals surface area contributed by atoms with E-state index in [1.807, 2.05) is 0 Å². The maximum absolute atomic E-state index is 10.8. The Bertz CT molecular complexity index is 185. The number of aliphatic hydroxyl groups is 4. The maximum atomic E-state index is 10.8. The highest BCUT2D eigenvalue weighted by atomic mass is 16.4. The summed E-state index contributed by atoms with van der Waals surface area (Å²) < 4.78 is 0. The van der Waals surface area contributed by atoms with Gasteiger partial charge in [-0.25, -0.2) is 0 Å². The first-order valence-corrected chi connectivity index (χ1v) is 3.54. The third-order valence-electron chi connectivity index (χ3n) is 1.82. The van der Waals surface area contributed by atoms with Gasteiger partial charge in [-0.1, -0.05) is 0 Å². The van der Waals surface area contributed by atoms with Crippen molar-refractivity contribution in [3.63, 3.8) is 0 Å². The predicted octanol–water partition coefficient (Wildman–Crippen LogP) is -3.44.